The monoisotopic (exact) mass is 328 g/mol. The molecular weight excluding hydrogens is 304 g/mol. The van der Waals surface area contributed by atoms with Crippen molar-refractivity contribution in [2.45, 2.75) is 40.2 Å². The molecule has 0 bridgehead atoms. The lowest BCUT2D eigenvalue weighted by Crippen LogP contribution is -2.59. The van der Waals surface area contributed by atoms with Crippen molar-refractivity contribution in [3.63, 3.8) is 0 Å². The van der Waals surface area contributed by atoms with Gasteiger partial charge in [0.15, 0.2) is 0 Å². The van der Waals surface area contributed by atoms with Crippen LogP contribution in [0, 0.1) is 40.4 Å². The number of ether oxygens (including phenoxy) is 1. The molecule has 4 aliphatic rings. The zero-order valence-electron chi connectivity index (χ0n) is 14.7. The van der Waals surface area contributed by atoms with Gasteiger partial charge in [-0.1, -0.05) is 32.9 Å². The Morgan fingerprint density at radius 2 is 2.00 bits per heavy atom. The van der Waals surface area contributed by atoms with Crippen LogP contribution >= 0.6 is 0 Å². The van der Waals surface area contributed by atoms with Crippen molar-refractivity contribution in [1.29, 1.82) is 0 Å². The van der Waals surface area contributed by atoms with Gasteiger partial charge in [0.25, 0.3) is 0 Å². The Kier molecular flexibility index (Phi) is 2.94. The van der Waals surface area contributed by atoms with Crippen LogP contribution in [-0.4, -0.2) is 23.6 Å². The highest BCUT2D eigenvalue weighted by atomic mass is 16.6. The molecule has 4 heteroatoms. The molecule has 24 heavy (non-hydrogen) atoms. The fourth-order valence-electron chi connectivity index (χ4n) is 6.80. The molecule has 0 amide bonds. The summed E-state index contributed by atoms with van der Waals surface area (Å²) in [6.45, 7) is 11.6. The van der Waals surface area contributed by atoms with Gasteiger partial charge in [0.1, 0.15) is 17.7 Å². The lowest BCUT2D eigenvalue weighted by Gasteiger charge is -2.56. The Balaban J connectivity index is 2.00. The molecular formula is C20H24O4. The minimum absolute atomic E-state index is 0.0219. The molecule has 4 rings (SSSR count). The maximum absolute atomic E-state index is 13.2. The minimum atomic E-state index is -0.570. The first-order valence-electron chi connectivity index (χ1n) is 8.75. The summed E-state index contributed by atoms with van der Waals surface area (Å²) in [6.07, 6.45) is 3.89. The maximum atomic E-state index is 13.2. The van der Waals surface area contributed by atoms with Gasteiger partial charge in [0.2, 0.25) is 0 Å². The molecule has 3 aliphatic carbocycles. The number of ketones is 2. The van der Waals surface area contributed by atoms with Crippen LogP contribution in [0.15, 0.2) is 24.3 Å². The highest BCUT2D eigenvalue weighted by Crippen LogP contribution is 2.70. The second kappa shape index (κ2) is 4.47. The molecule has 0 aromatic carbocycles. The molecule has 1 aliphatic heterocycles. The second-order valence-electron chi connectivity index (χ2n) is 8.68. The van der Waals surface area contributed by atoms with Crippen LogP contribution in [0.5, 0.6) is 0 Å². The highest BCUT2D eigenvalue weighted by molar-refractivity contribution is 5.97. The second-order valence-corrected chi connectivity index (χ2v) is 8.68. The van der Waals surface area contributed by atoms with Crippen molar-refractivity contribution >= 4 is 17.5 Å². The van der Waals surface area contributed by atoms with Crippen molar-refractivity contribution in [2.75, 3.05) is 0 Å². The molecule has 0 aromatic heterocycles. The van der Waals surface area contributed by atoms with E-state index in [0.717, 1.165) is 0 Å². The lowest BCUT2D eigenvalue weighted by molar-refractivity contribution is -0.160. The van der Waals surface area contributed by atoms with E-state index < -0.39 is 16.9 Å². The molecule has 0 radical (unpaired) electrons. The first kappa shape index (κ1) is 15.8. The van der Waals surface area contributed by atoms with Gasteiger partial charge in [-0.2, -0.15) is 0 Å². The van der Waals surface area contributed by atoms with Crippen LogP contribution < -0.4 is 0 Å². The standard InChI is InChI=1S/C20H24O4/c1-6-12-19(3,4)17(22)11-8-7-10-13-15(11)20(12,5)14(9(2)21)16(13)24-18(10)23/h6-7,11-16H,1,8H2,2-5H3. The predicted octanol–water partition coefficient (Wildman–Crippen LogP) is 2.73. The Morgan fingerprint density at radius 3 is 2.58 bits per heavy atom. The van der Waals surface area contributed by atoms with E-state index in [4.69, 9.17) is 4.74 Å². The van der Waals surface area contributed by atoms with E-state index in [0.29, 0.717) is 12.0 Å². The number of esters is 1. The van der Waals surface area contributed by atoms with Gasteiger partial charge in [-0.3, -0.25) is 9.59 Å². The van der Waals surface area contributed by atoms with Crippen LogP contribution in [0.4, 0.5) is 0 Å². The molecule has 0 aromatic rings. The number of hydrogen-bond donors (Lipinski definition) is 0. The number of carbonyl (C=O) groups is 3. The minimum Gasteiger partial charge on any atom is -0.458 e. The van der Waals surface area contributed by atoms with Gasteiger partial charge in [-0.25, -0.2) is 4.79 Å². The number of rotatable bonds is 2. The molecule has 128 valence electrons. The van der Waals surface area contributed by atoms with E-state index in [1.54, 1.807) is 6.92 Å². The topological polar surface area (TPSA) is 60.4 Å². The van der Waals surface area contributed by atoms with E-state index in [9.17, 15) is 14.4 Å². The molecule has 4 nitrogen and oxygen atoms in total. The maximum Gasteiger partial charge on any atom is 0.334 e. The van der Waals surface area contributed by atoms with Crippen LogP contribution in [0.3, 0.4) is 0 Å². The van der Waals surface area contributed by atoms with Gasteiger partial charge in [0.05, 0.1) is 5.92 Å². The van der Waals surface area contributed by atoms with Crippen molar-refractivity contribution in [1.82, 2.24) is 0 Å². The summed E-state index contributed by atoms with van der Waals surface area (Å²) >= 11 is 0. The fraction of sp³-hybridized carbons (Fsp3) is 0.650. The number of carbonyl (C=O) groups excluding carboxylic acids is 3. The van der Waals surface area contributed by atoms with Gasteiger partial charge in [-0.15, -0.1) is 6.58 Å². The zero-order valence-corrected chi connectivity index (χ0v) is 14.7. The third kappa shape index (κ3) is 1.49. The average molecular weight is 328 g/mol. The predicted molar refractivity (Wildman–Crippen MR) is 87.8 cm³/mol. The smallest absolute Gasteiger partial charge is 0.334 e. The normalized spacial score (nSPS) is 47.8. The van der Waals surface area contributed by atoms with Gasteiger partial charge in [-0.05, 0) is 30.6 Å². The fourth-order valence-corrected chi connectivity index (χ4v) is 6.80. The van der Waals surface area contributed by atoms with E-state index in [1.165, 1.54) is 0 Å². The number of allylic oxidation sites excluding steroid dienone is 2. The zero-order chi connectivity index (χ0) is 17.6. The molecule has 2 saturated carbocycles. The molecule has 3 fully saturated rings. The van der Waals surface area contributed by atoms with Gasteiger partial charge >= 0.3 is 5.97 Å². The van der Waals surface area contributed by atoms with Crippen LogP contribution in [-0.2, 0) is 19.1 Å². The third-order valence-electron chi connectivity index (χ3n) is 7.41. The van der Waals surface area contributed by atoms with Crippen molar-refractivity contribution in [3.8, 4) is 0 Å². The van der Waals surface area contributed by atoms with Crippen molar-refractivity contribution < 1.29 is 19.1 Å². The Hall–Kier alpha value is -1.71. The molecule has 7 unspecified atom stereocenters. The molecule has 0 N–H and O–H groups in total. The molecule has 7 atom stereocenters. The summed E-state index contributed by atoms with van der Waals surface area (Å²) < 4.78 is 5.67. The quantitative estimate of drug-likeness (QED) is 0.578. The third-order valence-corrected chi connectivity index (χ3v) is 7.41. The summed E-state index contributed by atoms with van der Waals surface area (Å²) in [5, 5.41) is 0. The van der Waals surface area contributed by atoms with Gasteiger partial charge in [0, 0.05) is 22.8 Å². The summed E-state index contributed by atoms with van der Waals surface area (Å²) in [4.78, 5) is 38.1. The number of Topliss-reactive ketones (excluding diaryl/α,β-unsaturated/α-hetero) is 2. The van der Waals surface area contributed by atoms with Crippen molar-refractivity contribution in [2.24, 2.45) is 40.4 Å². The highest BCUT2D eigenvalue weighted by Gasteiger charge is 2.74. The van der Waals surface area contributed by atoms with Crippen LogP contribution in [0.2, 0.25) is 0 Å². The van der Waals surface area contributed by atoms with E-state index >= 15 is 0 Å². The average Bonchev–Trinajstić information content (AvgIpc) is 2.94. The summed E-state index contributed by atoms with van der Waals surface area (Å²) in [5.41, 5.74) is -0.295. The largest absolute Gasteiger partial charge is 0.458 e. The summed E-state index contributed by atoms with van der Waals surface area (Å²) in [5.74, 6) is -0.812. The first-order valence-corrected chi connectivity index (χ1v) is 8.75. The lowest BCUT2D eigenvalue weighted by atomic mass is 9.45. The first-order chi connectivity index (χ1) is 11.2. The molecule has 0 spiro atoms. The van der Waals surface area contributed by atoms with Crippen LogP contribution in [0.1, 0.15) is 34.1 Å². The number of hydrogen-bond acceptors (Lipinski definition) is 4. The van der Waals surface area contributed by atoms with E-state index in [-0.39, 0.29) is 47.1 Å². The Morgan fingerprint density at radius 1 is 1.33 bits per heavy atom. The van der Waals surface area contributed by atoms with Crippen LogP contribution in [0.25, 0.3) is 0 Å². The van der Waals surface area contributed by atoms with E-state index in [1.807, 2.05) is 26.0 Å². The Bertz CT molecular complexity index is 715. The Labute approximate surface area is 142 Å². The SMILES string of the molecule is C=CC1C(C)(C)C(=O)C2CC=C3C(=O)OC4C3C2C1(C)C4C(C)=O. The van der Waals surface area contributed by atoms with Crippen molar-refractivity contribution in [3.05, 3.63) is 24.3 Å². The van der Waals surface area contributed by atoms with E-state index in [2.05, 4.69) is 13.5 Å². The van der Waals surface area contributed by atoms with Gasteiger partial charge < -0.3 is 4.74 Å². The molecule has 1 saturated heterocycles. The molecule has 1 heterocycles. The summed E-state index contributed by atoms with van der Waals surface area (Å²) in [6, 6.07) is 0. The summed E-state index contributed by atoms with van der Waals surface area (Å²) in [7, 11) is 0.